The van der Waals surface area contributed by atoms with E-state index >= 15 is 0 Å². The summed E-state index contributed by atoms with van der Waals surface area (Å²) in [6.07, 6.45) is 0.671. The number of nitrogens with zero attached hydrogens (tertiary/aromatic N) is 2. The lowest BCUT2D eigenvalue weighted by Crippen LogP contribution is -2.12. The maximum atomic E-state index is 8.52. The topological polar surface area (TPSA) is 35.8 Å². The third-order valence-electron chi connectivity index (χ3n) is 1.27. The van der Waals surface area contributed by atoms with Crippen LogP contribution in [0, 0.1) is 0 Å². The highest BCUT2D eigenvalue weighted by molar-refractivity contribution is 5.81. The van der Waals surface area contributed by atoms with Gasteiger partial charge in [-0.3, -0.25) is 0 Å². The van der Waals surface area contributed by atoms with Crippen molar-refractivity contribution in [2.45, 2.75) is 20.3 Å². The Kier molecular flexibility index (Phi) is 4.94. The van der Waals surface area contributed by atoms with Crippen molar-refractivity contribution in [1.82, 2.24) is 5.01 Å². The van der Waals surface area contributed by atoms with Crippen LogP contribution >= 0.6 is 0 Å². The van der Waals surface area contributed by atoms with E-state index in [0.717, 1.165) is 12.3 Å². The van der Waals surface area contributed by atoms with E-state index in [4.69, 9.17) is 5.11 Å². The van der Waals surface area contributed by atoms with Gasteiger partial charge in [-0.05, 0) is 13.8 Å². The van der Waals surface area contributed by atoms with Crippen LogP contribution in [0.4, 0.5) is 0 Å². The summed E-state index contributed by atoms with van der Waals surface area (Å²) in [7, 11) is 1.92. The lowest BCUT2D eigenvalue weighted by molar-refractivity contribution is 0.304. The monoisotopic (exact) mass is 144 g/mol. The van der Waals surface area contributed by atoms with Crippen molar-refractivity contribution in [3.63, 3.8) is 0 Å². The van der Waals surface area contributed by atoms with Gasteiger partial charge in [-0.25, -0.2) is 0 Å². The molecular weight excluding hydrogens is 128 g/mol. The summed E-state index contributed by atoms with van der Waals surface area (Å²) in [5.41, 5.74) is 0.979. The van der Waals surface area contributed by atoms with Crippen molar-refractivity contribution in [3.8, 4) is 0 Å². The lowest BCUT2D eigenvalue weighted by Gasteiger charge is -2.10. The van der Waals surface area contributed by atoms with Crippen molar-refractivity contribution < 1.29 is 5.11 Å². The fourth-order valence-electron chi connectivity index (χ4n) is 0.574. The molecule has 0 fully saturated rings. The van der Waals surface area contributed by atoms with Crippen LogP contribution in [0.15, 0.2) is 5.10 Å². The molecule has 0 aromatic carbocycles. The van der Waals surface area contributed by atoms with Crippen molar-refractivity contribution in [1.29, 1.82) is 0 Å². The molecule has 0 spiro atoms. The quantitative estimate of drug-likeness (QED) is 0.465. The first-order chi connectivity index (χ1) is 4.70. The second-order valence-electron chi connectivity index (χ2n) is 2.28. The van der Waals surface area contributed by atoms with Gasteiger partial charge < -0.3 is 10.1 Å². The van der Waals surface area contributed by atoms with E-state index < -0.39 is 0 Å². The second-order valence-corrected chi connectivity index (χ2v) is 2.28. The highest BCUT2D eigenvalue weighted by atomic mass is 16.3. The molecule has 3 nitrogen and oxygen atoms in total. The SMILES string of the molecule is CCN(C)/N=C(\C)CCO. The lowest BCUT2D eigenvalue weighted by atomic mass is 10.3. The third kappa shape index (κ3) is 4.32. The minimum absolute atomic E-state index is 0.187. The first-order valence-corrected chi connectivity index (χ1v) is 3.56. The van der Waals surface area contributed by atoms with Crippen LogP contribution in [0.1, 0.15) is 20.3 Å². The molecule has 0 aliphatic rings. The Bertz CT molecular complexity index is 112. The summed E-state index contributed by atoms with van der Waals surface area (Å²) in [6, 6.07) is 0. The van der Waals surface area contributed by atoms with Gasteiger partial charge in [0.1, 0.15) is 0 Å². The Morgan fingerprint density at radius 2 is 2.20 bits per heavy atom. The minimum Gasteiger partial charge on any atom is -0.396 e. The Hall–Kier alpha value is -0.570. The first-order valence-electron chi connectivity index (χ1n) is 3.56. The van der Waals surface area contributed by atoms with Gasteiger partial charge in [-0.2, -0.15) is 5.10 Å². The molecule has 60 valence electrons. The summed E-state index contributed by atoms with van der Waals surface area (Å²) in [4.78, 5) is 0. The summed E-state index contributed by atoms with van der Waals surface area (Å²) < 4.78 is 0. The van der Waals surface area contributed by atoms with Crippen molar-refractivity contribution >= 4 is 5.71 Å². The van der Waals surface area contributed by atoms with E-state index in [2.05, 4.69) is 5.10 Å². The number of hydrazone groups is 1. The largest absolute Gasteiger partial charge is 0.396 e. The maximum absolute atomic E-state index is 8.52. The van der Waals surface area contributed by atoms with Crippen LogP contribution < -0.4 is 0 Å². The normalized spacial score (nSPS) is 11.8. The third-order valence-corrected chi connectivity index (χ3v) is 1.27. The van der Waals surface area contributed by atoms with E-state index in [9.17, 15) is 0 Å². The molecule has 0 amide bonds. The van der Waals surface area contributed by atoms with Gasteiger partial charge in [0, 0.05) is 32.3 Å². The van der Waals surface area contributed by atoms with Crippen LogP contribution in [0.25, 0.3) is 0 Å². The van der Waals surface area contributed by atoms with E-state index in [-0.39, 0.29) is 6.61 Å². The predicted octanol–water partition coefficient (Wildman–Crippen LogP) is 0.696. The molecule has 0 bridgehead atoms. The van der Waals surface area contributed by atoms with Crippen LogP contribution in [-0.4, -0.2) is 36.0 Å². The van der Waals surface area contributed by atoms with E-state index in [1.165, 1.54) is 0 Å². The number of aliphatic hydroxyl groups is 1. The zero-order valence-corrected chi connectivity index (χ0v) is 6.96. The molecule has 0 radical (unpaired) electrons. The van der Waals surface area contributed by atoms with E-state index in [0.29, 0.717) is 6.42 Å². The molecule has 0 saturated heterocycles. The molecule has 1 N–H and O–H groups in total. The minimum atomic E-state index is 0.187. The van der Waals surface area contributed by atoms with Gasteiger partial charge in [0.05, 0.1) is 0 Å². The molecule has 0 rings (SSSR count). The fourth-order valence-corrected chi connectivity index (χ4v) is 0.574. The maximum Gasteiger partial charge on any atom is 0.0483 e. The molecule has 0 heterocycles. The molecule has 0 atom stereocenters. The molecule has 0 unspecified atom stereocenters. The molecule has 0 aromatic rings. The van der Waals surface area contributed by atoms with Gasteiger partial charge in [-0.15, -0.1) is 0 Å². The average Bonchev–Trinajstić information content (AvgIpc) is 1.88. The van der Waals surface area contributed by atoms with Crippen LogP contribution in [0.2, 0.25) is 0 Å². The fraction of sp³-hybridized carbons (Fsp3) is 0.857. The Morgan fingerprint density at radius 3 is 2.60 bits per heavy atom. The number of aliphatic hydroxyl groups excluding tert-OH is 1. The van der Waals surface area contributed by atoms with Gasteiger partial charge in [0.2, 0.25) is 0 Å². The summed E-state index contributed by atoms with van der Waals surface area (Å²) in [5.74, 6) is 0. The van der Waals surface area contributed by atoms with Crippen molar-refractivity contribution in [2.24, 2.45) is 5.10 Å². The highest BCUT2D eigenvalue weighted by Gasteiger charge is 1.90. The number of hydrogen-bond acceptors (Lipinski definition) is 3. The first kappa shape index (κ1) is 9.43. The van der Waals surface area contributed by atoms with Crippen LogP contribution in [0.5, 0.6) is 0 Å². The summed E-state index contributed by atoms with van der Waals surface area (Å²) >= 11 is 0. The second kappa shape index (κ2) is 5.23. The van der Waals surface area contributed by atoms with E-state index in [1.54, 1.807) is 0 Å². The van der Waals surface area contributed by atoms with Gasteiger partial charge in [0.15, 0.2) is 0 Å². The van der Waals surface area contributed by atoms with Gasteiger partial charge in [0.25, 0.3) is 0 Å². The van der Waals surface area contributed by atoms with E-state index in [1.807, 2.05) is 25.9 Å². The molecule has 0 saturated carbocycles. The Balaban J connectivity index is 3.65. The molecule has 0 aliphatic carbocycles. The molecule has 0 aromatic heterocycles. The molecular formula is C7H16N2O. The predicted molar refractivity (Wildman–Crippen MR) is 43.1 cm³/mol. The summed E-state index contributed by atoms with van der Waals surface area (Å²) in [6.45, 7) is 5.05. The smallest absolute Gasteiger partial charge is 0.0483 e. The zero-order chi connectivity index (χ0) is 7.98. The van der Waals surface area contributed by atoms with Crippen LogP contribution in [0.3, 0.4) is 0 Å². The molecule has 10 heavy (non-hydrogen) atoms. The van der Waals surface area contributed by atoms with Gasteiger partial charge >= 0.3 is 0 Å². The Labute approximate surface area is 62.3 Å². The molecule has 0 aliphatic heterocycles. The standard InChI is InChI=1S/C7H16N2O/c1-4-9(3)8-7(2)5-6-10/h10H,4-6H2,1-3H3/b8-7+. The number of hydrogen-bond donors (Lipinski definition) is 1. The van der Waals surface area contributed by atoms with Crippen LogP contribution in [-0.2, 0) is 0 Å². The number of rotatable bonds is 4. The summed E-state index contributed by atoms with van der Waals surface area (Å²) in [5, 5.41) is 14.6. The Morgan fingerprint density at radius 1 is 1.60 bits per heavy atom. The zero-order valence-electron chi connectivity index (χ0n) is 6.96. The molecule has 3 heteroatoms. The van der Waals surface area contributed by atoms with Crippen molar-refractivity contribution in [3.05, 3.63) is 0 Å². The highest BCUT2D eigenvalue weighted by Crippen LogP contribution is 1.88. The average molecular weight is 144 g/mol. The van der Waals surface area contributed by atoms with Crippen molar-refractivity contribution in [2.75, 3.05) is 20.2 Å². The van der Waals surface area contributed by atoms with Gasteiger partial charge in [-0.1, -0.05) is 0 Å².